The van der Waals surface area contributed by atoms with Crippen molar-refractivity contribution in [2.24, 2.45) is 5.92 Å². The largest absolute Gasteiger partial charge is 0.396 e. The van der Waals surface area contributed by atoms with Gasteiger partial charge in [0.25, 0.3) is 0 Å². The number of aryl methyl sites for hydroxylation is 1. The van der Waals surface area contributed by atoms with Gasteiger partial charge < -0.3 is 15.7 Å². The van der Waals surface area contributed by atoms with Crippen molar-refractivity contribution in [3.63, 3.8) is 0 Å². The van der Waals surface area contributed by atoms with Gasteiger partial charge in [0, 0.05) is 25.1 Å². The van der Waals surface area contributed by atoms with Gasteiger partial charge in [-0.25, -0.2) is 4.98 Å². The second-order valence-electron chi connectivity index (χ2n) is 4.39. The minimum atomic E-state index is 0.169. The van der Waals surface area contributed by atoms with E-state index in [0.29, 0.717) is 12.5 Å². The van der Waals surface area contributed by atoms with Gasteiger partial charge in [-0.05, 0) is 18.9 Å². The zero-order chi connectivity index (χ0) is 13.1. The van der Waals surface area contributed by atoms with Crippen molar-refractivity contribution in [1.82, 2.24) is 9.97 Å². The van der Waals surface area contributed by atoms with Crippen LogP contribution >= 0.6 is 11.3 Å². The van der Waals surface area contributed by atoms with Crippen LogP contribution in [0.15, 0.2) is 6.07 Å². The molecule has 0 spiro atoms. The molecule has 2 heterocycles. The molecule has 18 heavy (non-hydrogen) atoms. The first-order valence-electron chi connectivity index (χ1n) is 5.94. The first kappa shape index (κ1) is 13.0. The molecule has 2 rings (SSSR count). The number of hydrogen-bond acceptors (Lipinski definition) is 6. The summed E-state index contributed by atoms with van der Waals surface area (Å²) >= 11 is 1.66. The summed E-state index contributed by atoms with van der Waals surface area (Å²) in [6.45, 7) is 4.91. The molecule has 0 radical (unpaired) electrons. The van der Waals surface area contributed by atoms with Crippen LogP contribution in [0.25, 0.3) is 10.2 Å². The summed E-state index contributed by atoms with van der Waals surface area (Å²) < 4.78 is 0. The fourth-order valence-electron chi connectivity index (χ4n) is 1.62. The highest BCUT2D eigenvalue weighted by atomic mass is 32.1. The predicted molar refractivity (Wildman–Crippen MR) is 76.4 cm³/mol. The number of rotatable bonds is 5. The second kappa shape index (κ2) is 5.49. The van der Waals surface area contributed by atoms with E-state index in [1.807, 2.05) is 14.0 Å². The summed E-state index contributed by atoms with van der Waals surface area (Å²) in [6, 6.07) is 2.09. The quantitative estimate of drug-likeness (QED) is 0.773. The lowest BCUT2D eigenvalue weighted by molar-refractivity contribution is 0.244. The van der Waals surface area contributed by atoms with Gasteiger partial charge in [-0.3, -0.25) is 0 Å². The summed E-state index contributed by atoms with van der Waals surface area (Å²) in [5.74, 6) is 1.64. The third-order valence-electron chi connectivity index (χ3n) is 2.67. The zero-order valence-corrected chi connectivity index (χ0v) is 11.6. The van der Waals surface area contributed by atoms with E-state index in [-0.39, 0.29) is 12.5 Å². The molecule has 0 amide bonds. The Hall–Kier alpha value is -1.40. The number of aliphatic hydroxyl groups is 1. The van der Waals surface area contributed by atoms with Crippen LogP contribution in [-0.4, -0.2) is 35.3 Å². The number of fused-ring (bicyclic) bond motifs is 1. The first-order chi connectivity index (χ1) is 8.63. The normalized spacial score (nSPS) is 12.7. The highest BCUT2D eigenvalue weighted by Crippen LogP contribution is 2.29. The fourth-order valence-corrected chi connectivity index (χ4v) is 2.50. The Labute approximate surface area is 110 Å². The van der Waals surface area contributed by atoms with Gasteiger partial charge in [-0.2, -0.15) is 4.98 Å². The Balaban J connectivity index is 2.34. The maximum Gasteiger partial charge on any atom is 0.225 e. The molecule has 98 valence electrons. The third kappa shape index (κ3) is 2.70. The van der Waals surface area contributed by atoms with Gasteiger partial charge in [0.15, 0.2) is 0 Å². The molecule has 0 saturated carbocycles. The van der Waals surface area contributed by atoms with Crippen LogP contribution in [0, 0.1) is 12.8 Å². The summed E-state index contributed by atoms with van der Waals surface area (Å²) in [6.07, 6.45) is 0. The molecule has 3 N–H and O–H groups in total. The van der Waals surface area contributed by atoms with E-state index in [2.05, 4.69) is 33.6 Å². The fraction of sp³-hybridized carbons (Fsp3) is 0.500. The van der Waals surface area contributed by atoms with E-state index in [0.717, 1.165) is 16.0 Å². The van der Waals surface area contributed by atoms with Crippen LogP contribution in [0.1, 0.15) is 11.8 Å². The van der Waals surface area contributed by atoms with Crippen molar-refractivity contribution in [3.05, 3.63) is 10.9 Å². The van der Waals surface area contributed by atoms with Crippen molar-refractivity contribution in [2.45, 2.75) is 13.8 Å². The molecule has 6 heteroatoms. The number of nitrogens with one attached hydrogen (secondary N) is 2. The Morgan fingerprint density at radius 1 is 1.44 bits per heavy atom. The van der Waals surface area contributed by atoms with Crippen LogP contribution in [0.5, 0.6) is 0 Å². The molecule has 2 aromatic heterocycles. The molecule has 0 aromatic carbocycles. The molecular weight excluding hydrogens is 248 g/mol. The molecule has 1 atom stereocenters. The van der Waals surface area contributed by atoms with E-state index >= 15 is 0 Å². The van der Waals surface area contributed by atoms with Gasteiger partial charge >= 0.3 is 0 Å². The minimum Gasteiger partial charge on any atom is -0.396 e. The SMILES string of the molecule is CNc1nc(NCC(C)CO)c2cc(C)sc2n1. The van der Waals surface area contributed by atoms with E-state index < -0.39 is 0 Å². The Morgan fingerprint density at radius 2 is 2.22 bits per heavy atom. The molecule has 0 bridgehead atoms. The van der Waals surface area contributed by atoms with Gasteiger partial charge in [0.1, 0.15) is 10.6 Å². The van der Waals surface area contributed by atoms with Crippen molar-refractivity contribution >= 4 is 33.3 Å². The number of aliphatic hydroxyl groups excluding tert-OH is 1. The number of anilines is 2. The van der Waals surface area contributed by atoms with E-state index in [1.54, 1.807) is 11.3 Å². The molecule has 0 aliphatic heterocycles. The first-order valence-corrected chi connectivity index (χ1v) is 6.76. The second-order valence-corrected chi connectivity index (χ2v) is 5.63. The van der Waals surface area contributed by atoms with Crippen molar-refractivity contribution in [2.75, 3.05) is 30.8 Å². The lowest BCUT2D eigenvalue weighted by Crippen LogP contribution is -2.15. The highest BCUT2D eigenvalue weighted by Gasteiger charge is 2.10. The Bertz CT molecular complexity index is 540. The predicted octanol–water partition coefficient (Wildman–Crippen LogP) is 2.08. The molecule has 0 saturated heterocycles. The third-order valence-corrected chi connectivity index (χ3v) is 3.61. The van der Waals surface area contributed by atoms with E-state index in [4.69, 9.17) is 5.11 Å². The lowest BCUT2D eigenvalue weighted by Gasteiger charge is -2.11. The Kier molecular flexibility index (Phi) is 3.98. The zero-order valence-electron chi connectivity index (χ0n) is 10.8. The topological polar surface area (TPSA) is 70.1 Å². The maximum absolute atomic E-state index is 9.05. The number of aromatic nitrogens is 2. The monoisotopic (exact) mass is 266 g/mol. The molecule has 0 fully saturated rings. The molecule has 1 unspecified atom stereocenters. The molecule has 0 aliphatic rings. The van der Waals surface area contributed by atoms with Crippen LogP contribution in [-0.2, 0) is 0 Å². The summed E-state index contributed by atoms with van der Waals surface area (Å²) in [4.78, 5) is 11.1. The molecule has 0 aliphatic carbocycles. The standard InChI is InChI=1S/C12H18N4OS/c1-7(6-17)5-14-10-9-4-8(2)18-11(9)16-12(13-3)15-10/h4,7,17H,5-6H2,1-3H3,(H2,13,14,15,16). The van der Waals surface area contributed by atoms with Crippen LogP contribution < -0.4 is 10.6 Å². The average Bonchev–Trinajstić information content (AvgIpc) is 2.75. The van der Waals surface area contributed by atoms with Crippen LogP contribution in [0.4, 0.5) is 11.8 Å². The number of hydrogen-bond donors (Lipinski definition) is 3. The highest BCUT2D eigenvalue weighted by molar-refractivity contribution is 7.18. The number of nitrogens with zero attached hydrogens (tertiary/aromatic N) is 2. The van der Waals surface area contributed by atoms with Gasteiger partial charge in [0.2, 0.25) is 5.95 Å². The van der Waals surface area contributed by atoms with Crippen molar-refractivity contribution in [1.29, 1.82) is 0 Å². The van der Waals surface area contributed by atoms with Crippen molar-refractivity contribution < 1.29 is 5.11 Å². The average molecular weight is 266 g/mol. The van der Waals surface area contributed by atoms with Gasteiger partial charge in [-0.1, -0.05) is 6.92 Å². The van der Waals surface area contributed by atoms with Crippen LogP contribution in [0.2, 0.25) is 0 Å². The Morgan fingerprint density at radius 3 is 2.89 bits per heavy atom. The maximum atomic E-state index is 9.05. The lowest BCUT2D eigenvalue weighted by atomic mass is 10.2. The van der Waals surface area contributed by atoms with Crippen molar-refractivity contribution in [3.8, 4) is 0 Å². The summed E-state index contributed by atoms with van der Waals surface area (Å²) in [7, 11) is 1.81. The minimum absolute atomic E-state index is 0.169. The molecular formula is C12H18N4OS. The smallest absolute Gasteiger partial charge is 0.225 e. The molecule has 5 nitrogen and oxygen atoms in total. The van der Waals surface area contributed by atoms with E-state index in [1.165, 1.54) is 4.88 Å². The van der Waals surface area contributed by atoms with Gasteiger partial charge in [-0.15, -0.1) is 11.3 Å². The molecule has 2 aromatic rings. The van der Waals surface area contributed by atoms with E-state index in [9.17, 15) is 0 Å². The van der Waals surface area contributed by atoms with Gasteiger partial charge in [0.05, 0.1) is 5.39 Å². The summed E-state index contributed by atoms with van der Waals surface area (Å²) in [5.41, 5.74) is 0. The number of thiophene rings is 1. The van der Waals surface area contributed by atoms with Crippen LogP contribution in [0.3, 0.4) is 0 Å². The summed E-state index contributed by atoms with van der Waals surface area (Å²) in [5, 5.41) is 16.3.